The van der Waals surface area contributed by atoms with Crippen LogP contribution in [0, 0.1) is 33.6 Å². The van der Waals surface area contributed by atoms with Crippen molar-refractivity contribution in [3.8, 4) is 5.95 Å². The summed E-state index contributed by atoms with van der Waals surface area (Å²) in [7, 11) is 0. The van der Waals surface area contributed by atoms with Gasteiger partial charge in [-0.2, -0.15) is 0 Å². The first-order valence-corrected chi connectivity index (χ1v) is 9.64. The minimum atomic E-state index is 0.121. The average molecular weight is 375 g/mol. The number of Topliss-reactive ketones (excluding diaryl/α,β-unsaturated/α-hetero) is 1. The Morgan fingerprint density at radius 1 is 1.00 bits per heavy atom. The second-order valence-corrected chi connectivity index (χ2v) is 7.89. The van der Waals surface area contributed by atoms with Gasteiger partial charge in [-0.15, -0.1) is 5.10 Å². The third-order valence-electron chi connectivity index (χ3n) is 5.27. The Kier molecular flexibility index (Phi) is 4.49. The third kappa shape index (κ3) is 3.30. The molecule has 4 rings (SSSR count). The van der Waals surface area contributed by atoms with Crippen molar-refractivity contribution in [1.29, 1.82) is 0 Å². The predicted molar refractivity (Wildman–Crippen MR) is 110 cm³/mol. The summed E-state index contributed by atoms with van der Waals surface area (Å²) in [6, 6.07) is 8.08. The molecule has 3 aromatic rings. The maximum atomic E-state index is 12.9. The summed E-state index contributed by atoms with van der Waals surface area (Å²) in [5.41, 5.74) is 6.65. The molecule has 6 heteroatoms. The van der Waals surface area contributed by atoms with Gasteiger partial charge in [0.15, 0.2) is 11.6 Å². The van der Waals surface area contributed by atoms with E-state index in [2.05, 4.69) is 48.2 Å². The van der Waals surface area contributed by atoms with Gasteiger partial charge >= 0.3 is 0 Å². The number of carbonyl (C=O) groups is 1. The Labute approximate surface area is 165 Å². The van der Waals surface area contributed by atoms with Crippen molar-refractivity contribution in [2.24, 2.45) is 5.92 Å². The number of anilines is 2. The van der Waals surface area contributed by atoms with Gasteiger partial charge in [0.25, 0.3) is 5.95 Å². The molecule has 1 aromatic carbocycles. The van der Waals surface area contributed by atoms with Gasteiger partial charge in [-0.3, -0.25) is 4.79 Å². The van der Waals surface area contributed by atoms with Gasteiger partial charge in [0.05, 0.1) is 11.3 Å². The van der Waals surface area contributed by atoms with E-state index in [0.717, 1.165) is 29.2 Å². The van der Waals surface area contributed by atoms with Crippen LogP contribution in [0.4, 0.5) is 11.5 Å². The molecule has 6 nitrogen and oxygen atoms in total. The zero-order valence-corrected chi connectivity index (χ0v) is 17.0. The first-order chi connectivity index (χ1) is 13.3. The lowest BCUT2D eigenvalue weighted by atomic mass is 9.88. The number of hydrogen-bond acceptors (Lipinski definition) is 5. The summed E-state index contributed by atoms with van der Waals surface area (Å²) in [6.07, 6.45) is 1.31. The van der Waals surface area contributed by atoms with Crippen LogP contribution in [0.25, 0.3) is 5.95 Å². The molecule has 28 heavy (non-hydrogen) atoms. The molecule has 0 amide bonds. The second kappa shape index (κ2) is 6.86. The van der Waals surface area contributed by atoms with Crippen molar-refractivity contribution in [2.45, 2.75) is 47.5 Å². The average Bonchev–Trinajstić information content (AvgIpc) is 2.96. The molecule has 144 valence electrons. The maximum Gasteiger partial charge on any atom is 0.251 e. The Bertz CT molecular complexity index is 1060. The zero-order valence-electron chi connectivity index (χ0n) is 17.0. The molecule has 0 spiro atoms. The van der Waals surface area contributed by atoms with Crippen LogP contribution >= 0.6 is 0 Å². The smallest absolute Gasteiger partial charge is 0.251 e. The molecular formula is C22H25N5O. The fraction of sp³-hybridized carbons (Fsp3) is 0.364. The predicted octanol–water partition coefficient (Wildman–Crippen LogP) is 4.40. The van der Waals surface area contributed by atoms with Gasteiger partial charge in [-0.05, 0) is 69.4 Å². The van der Waals surface area contributed by atoms with Gasteiger partial charge in [-0.1, -0.05) is 13.0 Å². The molecule has 0 bridgehead atoms. The molecule has 0 saturated heterocycles. The Hall–Kier alpha value is -3.02. The highest BCUT2D eigenvalue weighted by atomic mass is 16.1. The number of nitrogens with one attached hydrogen (secondary N) is 1. The second-order valence-electron chi connectivity index (χ2n) is 7.89. The summed E-state index contributed by atoms with van der Waals surface area (Å²) in [5.74, 6) is 1.49. The highest BCUT2D eigenvalue weighted by Gasteiger charge is 2.31. The number of benzene rings is 1. The minimum Gasteiger partial charge on any atom is -0.338 e. The molecule has 1 aliphatic rings. The van der Waals surface area contributed by atoms with E-state index in [1.807, 2.05) is 26.0 Å². The Balaban J connectivity index is 1.85. The van der Waals surface area contributed by atoms with Crippen molar-refractivity contribution < 1.29 is 4.79 Å². The molecule has 0 saturated carbocycles. The highest BCUT2D eigenvalue weighted by molar-refractivity contribution is 6.03. The van der Waals surface area contributed by atoms with E-state index in [-0.39, 0.29) is 11.7 Å². The number of fused-ring (bicyclic) bond motifs is 1. The van der Waals surface area contributed by atoms with Crippen LogP contribution in [0.15, 0.2) is 24.3 Å². The number of ketones is 1. The highest BCUT2D eigenvalue weighted by Crippen LogP contribution is 2.33. The lowest BCUT2D eigenvalue weighted by molar-refractivity contribution is 0.0953. The normalized spacial score (nSPS) is 16.2. The Morgan fingerprint density at radius 3 is 2.39 bits per heavy atom. The number of hydrogen-bond donors (Lipinski definition) is 1. The van der Waals surface area contributed by atoms with Crippen molar-refractivity contribution in [3.05, 3.63) is 58.0 Å². The number of nitrogens with zero attached hydrogens (tertiary/aromatic N) is 4. The van der Waals surface area contributed by atoms with Crippen molar-refractivity contribution in [1.82, 2.24) is 19.7 Å². The Morgan fingerprint density at radius 2 is 1.71 bits per heavy atom. The zero-order chi connectivity index (χ0) is 20.0. The van der Waals surface area contributed by atoms with Gasteiger partial charge in [0.2, 0.25) is 0 Å². The van der Waals surface area contributed by atoms with Crippen molar-refractivity contribution >= 4 is 17.3 Å². The lowest BCUT2D eigenvalue weighted by Crippen LogP contribution is -2.20. The first kappa shape index (κ1) is 18.3. The molecular weight excluding hydrogens is 350 g/mol. The van der Waals surface area contributed by atoms with Crippen LogP contribution in [-0.4, -0.2) is 25.5 Å². The van der Waals surface area contributed by atoms with E-state index < -0.39 is 0 Å². The number of rotatable bonds is 3. The molecule has 1 aliphatic carbocycles. The number of carbonyl (C=O) groups excluding carboxylic acids is 1. The van der Waals surface area contributed by atoms with Crippen LogP contribution < -0.4 is 5.32 Å². The van der Waals surface area contributed by atoms with E-state index >= 15 is 0 Å². The van der Waals surface area contributed by atoms with Crippen LogP contribution in [0.3, 0.4) is 0 Å². The summed E-state index contributed by atoms with van der Waals surface area (Å²) in [6.45, 7) is 10.1. The summed E-state index contributed by atoms with van der Waals surface area (Å²) >= 11 is 0. The molecule has 0 radical (unpaired) electrons. The quantitative estimate of drug-likeness (QED) is 0.734. The van der Waals surface area contributed by atoms with E-state index in [4.69, 9.17) is 5.10 Å². The summed E-state index contributed by atoms with van der Waals surface area (Å²) in [5, 5.41) is 8.09. The monoisotopic (exact) mass is 375 g/mol. The topological polar surface area (TPSA) is 72.7 Å². The van der Waals surface area contributed by atoms with E-state index in [1.165, 1.54) is 11.1 Å². The molecule has 2 aromatic heterocycles. The largest absolute Gasteiger partial charge is 0.338 e. The van der Waals surface area contributed by atoms with Gasteiger partial charge in [0, 0.05) is 23.5 Å². The third-order valence-corrected chi connectivity index (χ3v) is 5.27. The molecule has 1 N–H and O–H groups in total. The van der Waals surface area contributed by atoms with Gasteiger partial charge in [0.1, 0.15) is 0 Å². The molecule has 1 unspecified atom stereocenters. The summed E-state index contributed by atoms with van der Waals surface area (Å²) < 4.78 is 1.74. The van der Waals surface area contributed by atoms with Crippen molar-refractivity contribution in [2.75, 3.05) is 5.32 Å². The van der Waals surface area contributed by atoms with E-state index in [0.29, 0.717) is 23.8 Å². The molecule has 2 heterocycles. The number of aryl methyl sites for hydroxylation is 4. The van der Waals surface area contributed by atoms with E-state index in [1.54, 1.807) is 4.68 Å². The standard InChI is InChI=1S/C22H25N5O/c1-12-8-18-20(19(28)9-12)21(25-17-7-6-13(2)14(3)10-17)26-27(18)22-23-15(4)11-16(5)24-22/h6-7,10-12H,8-9H2,1-5H3,(H,25,26). The minimum absolute atomic E-state index is 0.121. The maximum absolute atomic E-state index is 12.9. The van der Waals surface area contributed by atoms with Gasteiger partial charge in [-0.25, -0.2) is 14.6 Å². The van der Waals surface area contributed by atoms with Crippen LogP contribution in [0.1, 0.15) is 51.9 Å². The lowest BCUT2D eigenvalue weighted by Gasteiger charge is -2.19. The van der Waals surface area contributed by atoms with Crippen LogP contribution in [0.2, 0.25) is 0 Å². The van der Waals surface area contributed by atoms with Crippen LogP contribution in [0.5, 0.6) is 0 Å². The molecule has 0 fully saturated rings. The first-order valence-electron chi connectivity index (χ1n) is 9.64. The van der Waals surface area contributed by atoms with Crippen LogP contribution in [-0.2, 0) is 6.42 Å². The molecule has 0 aliphatic heterocycles. The van der Waals surface area contributed by atoms with Crippen molar-refractivity contribution in [3.63, 3.8) is 0 Å². The fourth-order valence-electron chi connectivity index (χ4n) is 3.77. The molecule has 1 atom stereocenters. The number of aromatic nitrogens is 4. The fourth-order valence-corrected chi connectivity index (χ4v) is 3.77. The SMILES string of the molecule is Cc1cc(C)nc(-n2nc(Nc3ccc(C)c(C)c3)c3c2CC(C)CC3=O)n1. The van der Waals surface area contributed by atoms with Gasteiger partial charge < -0.3 is 5.32 Å². The van der Waals surface area contributed by atoms with E-state index in [9.17, 15) is 4.79 Å². The summed E-state index contributed by atoms with van der Waals surface area (Å²) in [4.78, 5) is 22.0.